The average Bonchev–Trinajstić information content (AvgIpc) is 2.78. The third-order valence-corrected chi connectivity index (χ3v) is 6.01. The van der Waals surface area contributed by atoms with Crippen LogP contribution in [0, 0.1) is 0 Å². The molecule has 0 radical (unpaired) electrons. The van der Waals surface area contributed by atoms with Crippen molar-refractivity contribution in [3.63, 3.8) is 0 Å². The van der Waals surface area contributed by atoms with Crippen molar-refractivity contribution in [2.45, 2.75) is 19.3 Å². The predicted molar refractivity (Wildman–Crippen MR) is 138 cm³/mol. The van der Waals surface area contributed by atoms with Gasteiger partial charge >= 0.3 is 0 Å². The van der Waals surface area contributed by atoms with Crippen molar-refractivity contribution in [2.24, 2.45) is 0 Å². The molecule has 0 amide bonds. The van der Waals surface area contributed by atoms with E-state index in [1.54, 1.807) is 12.2 Å². The Morgan fingerprint density at radius 3 is 1.97 bits per heavy atom. The molecule has 184 valence electrons. The molecule has 3 aromatic rings. The number of phenolic OH excluding ortho intramolecular Hbond substituents is 5. The molecule has 0 aliphatic heterocycles. The zero-order valence-electron chi connectivity index (χ0n) is 18.0. The van der Waals surface area contributed by atoms with Crippen LogP contribution in [0.5, 0.6) is 40.2 Å². The Morgan fingerprint density at radius 1 is 0.743 bits per heavy atom. The van der Waals surface area contributed by atoms with Gasteiger partial charge in [-0.1, -0.05) is 58.6 Å². The van der Waals surface area contributed by atoms with Gasteiger partial charge < -0.3 is 30.3 Å². The molecule has 0 saturated heterocycles. The quantitative estimate of drug-likeness (QED) is 0.183. The van der Waals surface area contributed by atoms with Gasteiger partial charge in [0.2, 0.25) is 5.75 Å². The van der Waals surface area contributed by atoms with Gasteiger partial charge in [-0.2, -0.15) is 0 Å². The largest absolute Gasteiger partial charge is 0.508 e. The second-order valence-electron chi connectivity index (χ2n) is 7.51. The van der Waals surface area contributed by atoms with Crippen LogP contribution < -0.4 is 4.74 Å². The van der Waals surface area contributed by atoms with E-state index in [9.17, 15) is 25.5 Å². The standard InChI is InChI=1S/C25H20Cl4O6/c26-5-1-2-14-10-24(18(29)12-20(14)31)35-25-22(33)7-13(8-23(25)34)6-16(27)4-3-15-9-21(32)17(28)11-19(15)30/h1,4-5,7-12,30-34H,2-3,6H2/b5-1+,16-4+. The first-order valence-corrected chi connectivity index (χ1v) is 11.7. The van der Waals surface area contributed by atoms with Gasteiger partial charge in [0.25, 0.3) is 0 Å². The van der Waals surface area contributed by atoms with E-state index in [0.717, 1.165) is 0 Å². The van der Waals surface area contributed by atoms with Crippen molar-refractivity contribution in [1.82, 2.24) is 0 Å². The minimum atomic E-state index is -0.351. The van der Waals surface area contributed by atoms with Crippen molar-refractivity contribution in [2.75, 3.05) is 0 Å². The number of hydrogen-bond acceptors (Lipinski definition) is 6. The number of allylic oxidation sites excluding steroid dienone is 3. The lowest BCUT2D eigenvalue weighted by atomic mass is 10.1. The van der Waals surface area contributed by atoms with Crippen molar-refractivity contribution in [3.8, 4) is 40.2 Å². The van der Waals surface area contributed by atoms with E-state index in [-0.39, 0.29) is 63.1 Å². The highest BCUT2D eigenvalue weighted by Gasteiger charge is 2.17. The number of rotatable bonds is 8. The van der Waals surface area contributed by atoms with Crippen LogP contribution in [0.4, 0.5) is 0 Å². The van der Waals surface area contributed by atoms with Gasteiger partial charge in [0, 0.05) is 40.2 Å². The van der Waals surface area contributed by atoms with Crippen molar-refractivity contribution >= 4 is 46.4 Å². The van der Waals surface area contributed by atoms with E-state index in [1.807, 2.05) is 0 Å². The van der Waals surface area contributed by atoms with Crippen LogP contribution in [0.3, 0.4) is 0 Å². The topological polar surface area (TPSA) is 110 Å². The zero-order valence-corrected chi connectivity index (χ0v) is 21.0. The third-order valence-electron chi connectivity index (χ3n) is 4.95. The maximum absolute atomic E-state index is 10.5. The van der Waals surface area contributed by atoms with Crippen LogP contribution in [0.25, 0.3) is 0 Å². The van der Waals surface area contributed by atoms with Crippen LogP contribution in [0.2, 0.25) is 10.0 Å². The number of phenols is 5. The number of halogens is 4. The van der Waals surface area contributed by atoms with Gasteiger partial charge in [-0.15, -0.1) is 0 Å². The highest BCUT2D eigenvalue weighted by atomic mass is 35.5. The van der Waals surface area contributed by atoms with E-state index in [0.29, 0.717) is 28.1 Å². The fourth-order valence-electron chi connectivity index (χ4n) is 3.22. The van der Waals surface area contributed by atoms with Gasteiger partial charge in [-0.3, -0.25) is 0 Å². The lowest BCUT2D eigenvalue weighted by Gasteiger charge is -2.14. The van der Waals surface area contributed by atoms with Crippen LogP contribution >= 0.6 is 46.4 Å². The fraction of sp³-hybridized carbons (Fsp3) is 0.120. The number of hydrogen-bond donors (Lipinski definition) is 5. The molecule has 0 bridgehead atoms. The van der Waals surface area contributed by atoms with E-state index in [1.165, 1.54) is 41.9 Å². The zero-order chi connectivity index (χ0) is 25.7. The van der Waals surface area contributed by atoms with Crippen molar-refractivity contribution in [1.29, 1.82) is 0 Å². The molecule has 35 heavy (non-hydrogen) atoms. The van der Waals surface area contributed by atoms with E-state index in [4.69, 9.17) is 51.1 Å². The molecule has 0 fully saturated rings. The Kier molecular flexibility index (Phi) is 8.92. The van der Waals surface area contributed by atoms with E-state index >= 15 is 0 Å². The molecule has 0 spiro atoms. The molecule has 0 saturated carbocycles. The summed E-state index contributed by atoms with van der Waals surface area (Å²) in [6.45, 7) is 0. The summed E-state index contributed by atoms with van der Waals surface area (Å²) in [5.74, 6) is -1.10. The summed E-state index contributed by atoms with van der Waals surface area (Å²) in [6.07, 6.45) is 3.94. The summed E-state index contributed by atoms with van der Waals surface area (Å²) >= 11 is 23.7. The molecule has 0 aromatic heterocycles. The molecule has 3 rings (SSSR count). The molecule has 0 heterocycles. The van der Waals surface area contributed by atoms with Crippen LogP contribution in [0.1, 0.15) is 16.7 Å². The predicted octanol–water partition coefficient (Wildman–Crippen LogP) is 7.52. The van der Waals surface area contributed by atoms with Crippen LogP contribution in [0.15, 0.2) is 59.1 Å². The minimum absolute atomic E-state index is 0.0338. The Bertz CT molecular complexity index is 1280. The maximum Gasteiger partial charge on any atom is 0.210 e. The Labute approximate surface area is 221 Å². The monoisotopic (exact) mass is 556 g/mol. The number of ether oxygens (including phenoxy) is 1. The van der Waals surface area contributed by atoms with Gasteiger partial charge in [0.15, 0.2) is 11.5 Å². The maximum atomic E-state index is 10.5. The molecule has 0 aliphatic rings. The SMILES string of the molecule is Oc1cc(C/C=C(/Cl)Cc2cc(O)c(Oc3cc(C/C=C/Cl)c(O)cc3Cl)c(O)c2)c(O)cc1Cl. The average molecular weight is 558 g/mol. The van der Waals surface area contributed by atoms with Gasteiger partial charge in [0.05, 0.1) is 10.0 Å². The lowest BCUT2D eigenvalue weighted by molar-refractivity contribution is 0.375. The van der Waals surface area contributed by atoms with Crippen molar-refractivity contribution < 1.29 is 30.3 Å². The molecule has 6 nitrogen and oxygen atoms in total. The first-order valence-electron chi connectivity index (χ1n) is 10.1. The normalized spacial score (nSPS) is 11.8. The fourth-order valence-corrected chi connectivity index (χ4v) is 3.89. The summed E-state index contributed by atoms with van der Waals surface area (Å²) in [7, 11) is 0. The van der Waals surface area contributed by atoms with Crippen molar-refractivity contribution in [3.05, 3.63) is 85.9 Å². The molecule has 10 heteroatoms. The summed E-state index contributed by atoms with van der Waals surface area (Å²) < 4.78 is 5.64. The first kappa shape index (κ1) is 26.7. The van der Waals surface area contributed by atoms with Crippen LogP contribution in [-0.4, -0.2) is 25.5 Å². The molecule has 3 aromatic carbocycles. The highest BCUT2D eigenvalue weighted by molar-refractivity contribution is 6.32. The molecule has 0 atom stereocenters. The second kappa shape index (κ2) is 11.7. The smallest absolute Gasteiger partial charge is 0.210 e. The van der Waals surface area contributed by atoms with Gasteiger partial charge in [-0.05, 0) is 42.7 Å². The van der Waals surface area contributed by atoms with Gasteiger partial charge in [-0.25, -0.2) is 0 Å². The van der Waals surface area contributed by atoms with Gasteiger partial charge in [0.1, 0.15) is 23.0 Å². The van der Waals surface area contributed by atoms with E-state index in [2.05, 4.69) is 0 Å². The number of benzene rings is 3. The minimum Gasteiger partial charge on any atom is -0.508 e. The first-order chi connectivity index (χ1) is 16.6. The molecule has 0 aliphatic carbocycles. The van der Waals surface area contributed by atoms with E-state index < -0.39 is 0 Å². The third kappa shape index (κ3) is 6.83. The summed E-state index contributed by atoms with van der Waals surface area (Å²) in [5.41, 5.74) is 2.70. The summed E-state index contributed by atoms with van der Waals surface area (Å²) in [4.78, 5) is 0. The Morgan fingerprint density at radius 2 is 1.34 bits per heavy atom. The second-order valence-corrected chi connectivity index (χ2v) is 9.06. The molecule has 5 N–H and O–H groups in total. The molecular weight excluding hydrogens is 538 g/mol. The molecule has 0 unspecified atom stereocenters. The summed E-state index contributed by atoms with van der Waals surface area (Å²) in [6, 6.07) is 8.10. The summed E-state index contributed by atoms with van der Waals surface area (Å²) in [5, 5.41) is 51.1. The highest BCUT2D eigenvalue weighted by Crippen LogP contribution is 2.43. The lowest BCUT2D eigenvalue weighted by Crippen LogP contribution is -1.93. The van der Waals surface area contributed by atoms with Crippen LogP contribution in [-0.2, 0) is 19.3 Å². The Balaban J connectivity index is 1.78. The Hall–Kier alpha value is -2.90. The number of aromatic hydroxyl groups is 5. The molecular formula is C25H20Cl4O6.